The molecule has 0 saturated heterocycles. The van der Waals surface area contributed by atoms with Gasteiger partial charge in [-0.25, -0.2) is 4.79 Å². The highest BCUT2D eigenvalue weighted by atomic mass is 16.4. The molecule has 0 aliphatic carbocycles. The first-order valence-corrected chi connectivity index (χ1v) is 4.61. The van der Waals surface area contributed by atoms with Gasteiger partial charge in [-0.3, -0.25) is 9.59 Å². The number of carboxylic acids is 1. The number of aliphatic carboxylic acids is 1. The highest BCUT2D eigenvalue weighted by molar-refractivity contribution is 5.81. The van der Waals surface area contributed by atoms with Crippen LogP contribution in [0.4, 0.5) is 4.79 Å². The molecule has 0 radical (unpaired) electrons. The lowest BCUT2D eigenvalue weighted by atomic mass is 10.4. The fraction of sp³-hybridized carbons (Fsp3) is 0.444. The molecule has 0 spiro atoms. The summed E-state index contributed by atoms with van der Waals surface area (Å²) in [5.41, 5.74) is 4.88. The zero-order chi connectivity index (χ0) is 12.6. The maximum absolute atomic E-state index is 11.4. The van der Waals surface area contributed by atoms with E-state index >= 15 is 0 Å². The quantitative estimate of drug-likeness (QED) is 0.493. The average molecular weight is 229 g/mol. The fourth-order valence-electron chi connectivity index (χ4n) is 0.943. The molecule has 0 heterocycles. The van der Waals surface area contributed by atoms with Crippen LogP contribution in [-0.2, 0) is 9.59 Å². The number of urea groups is 1. The number of carboxylic acid groups (broad SMARTS) is 1. The highest BCUT2D eigenvalue weighted by Crippen LogP contribution is 1.90. The molecule has 0 unspecified atom stereocenters. The number of carbonyl (C=O) groups is 3. The van der Waals surface area contributed by atoms with Crippen LogP contribution in [0, 0.1) is 0 Å². The van der Waals surface area contributed by atoms with Crippen LogP contribution in [0.3, 0.4) is 0 Å². The number of rotatable bonds is 7. The summed E-state index contributed by atoms with van der Waals surface area (Å²) in [6.45, 7) is 3.19. The molecule has 0 aromatic carbocycles. The van der Waals surface area contributed by atoms with Crippen LogP contribution in [0.2, 0.25) is 0 Å². The Hall–Kier alpha value is -2.05. The van der Waals surface area contributed by atoms with Crippen LogP contribution in [0.15, 0.2) is 12.7 Å². The van der Waals surface area contributed by atoms with E-state index in [0.717, 1.165) is 4.90 Å². The molecular weight excluding hydrogens is 214 g/mol. The van der Waals surface area contributed by atoms with E-state index < -0.39 is 24.5 Å². The zero-order valence-corrected chi connectivity index (χ0v) is 8.81. The topological polar surface area (TPSA) is 113 Å². The summed E-state index contributed by atoms with van der Waals surface area (Å²) in [4.78, 5) is 33.3. The molecule has 16 heavy (non-hydrogen) atoms. The van der Waals surface area contributed by atoms with Crippen LogP contribution in [0.1, 0.15) is 6.42 Å². The summed E-state index contributed by atoms with van der Waals surface area (Å²) in [5, 5.41) is 10.9. The first-order valence-electron chi connectivity index (χ1n) is 4.61. The summed E-state index contributed by atoms with van der Waals surface area (Å²) in [6, 6.07) is -0.566. The molecular formula is C9H15N3O4. The maximum atomic E-state index is 11.4. The average Bonchev–Trinajstić information content (AvgIpc) is 2.15. The molecule has 0 rings (SSSR count). The van der Waals surface area contributed by atoms with Crippen molar-refractivity contribution < 1.29 is 19.5 Å². The summed E-state index contributed by atoms with van der Waals surface area (Å²) in [7, 11) is 0. The lowest BCUT2D eigenvalue weighted by Gasteiger charge is -2.19. The van der Waals surface area contributed by atoms with Crippen molar-refractivity contribution in [2.45, 2.75) is 6.42 Å². The molecule has 0 bridgehead atoms. The zero-order valence-electron chi connectivity index (χ0n) is 8.81. The Morgan fingerprint density at radius 2 is 2.06 bits per heavy atom. The normalized spacial score (nSPS) is 9.25. The van der Waals surface area contributed by atoms with E-state index in [-0.39, 0.29) is 19.5 Å². The lowest BCUT2D eigenvalue weighted by molar-refractivity contribution is -0.137. The van der Waals surface area contributed by atoms with Crippen molar-refractivity contribution in [3.8, 4) is 0 Å². The minimum Gasteiger partial charge on any atom is -0.480 e. The van der Waals surface area contributed by atoms with Crippen LogP contribution in [0.5, 0.6) is 0 Å². The van der Waals surface area contributed by atoms with E-state index in [9.17, 15) is 14.4 Å². The van der Waals surface area contributed by atoms with Gasteiger partial charge in [0.1, 0.15) is 6.54 Å². The molecule has 4 N–H and O–H groups in total. The Morgan fingerprint density at radius 1 is 1.44 bits per heavy atom. The highest BCUT2D eigenvalue weighted by Gasteiger charge is 2.14. The van der Waals surface area contributed by atoms with Gasteiger partial charge in [-0.2, -0.15) is 0 Å². The van der Waals surface area contributed by atoms with E-state index in [1.807, 2.05) is 0 Å². The lowest BCUT2D eigenvalue weighted by Crippen LogP contribution is -2.43. The Morgan fingerprint density at radius 3 is 2.50 bits per heavy atom. The van der Waals surface area contributed by atoms with Gasteiger partial charge in [0.25, 0.3) is 0 Å². The molecule has 0 aliphatic rings. The molecule has 90 valence electrons. The van der Waals surface area contributed by atoms with Crippen LogP contribution < -0.4 is 11.1 Å². The van der Waals surface area contributed by atoms with Gasteiger partial charge in [0.2, 0.25) is 5.91 Å². The SMILES string of the molecule is C=CCN(CC(=O)O)C(=O)NCCC(N)=O. The Labute approximate surface area is 92.9 Å². The molecule has 7 nitrogen and oxygen atoms in total. The molecule has 0 atom stereocenters. The van der Waals surface area contributed by atoms with Gasteiger partial charge in [-0.05, 0) is 0 Å². The second kappa shape index (κ2) is 7.27. The third-order valence-corrected chi connectivity index (χ3v) is 1.61. The minimum absolute atomic E-state index is 0.0146. The summed E-state index contributed by atoms with van der Waals surface area (Å²) >= 11 is 0. The predicted octanol–water partition coefficient (Wildman–Crippen LogP) is -0.856. The molecule has 7 heteroatoms. The second-order valence-corrected chi connectivity index (χ2v) is 3.01. The van der Waals surface area contributed by atoms with E-state index in [1.54, 1.807) is 0 Å². The number of primary amides is 1. The Bertz CT molecular complexity index is 290. The number of nitrogens with two attached hydrogens (primary N) is 1. The van der Waals surface area contributed by atoms with Gasteiger partial charge in [-0.1, -0.05) is 6.08 Å². The predicted molar refractivity (Wildman–Crippen MR) is 56.6 cm³/mol. The van der Waals surface area contributed by atoms with E-state index in [1.165, 1.54) is 6.08 Å². The molecule has 0 aromatic rings. The first-order chi connectivity index (χ1) is 7.47. The molecule has 0 fully saturated rings. The third-order valence-electron chi connectivity index (χ3n) is 1.61. The van der Waals surface area contributed by atoms with Crippen LogP contribution >= 0.6 is 0 Å². The number of nitrogens with one attached hydrogen (secondary N) is 1. The van der Waals surface area contributed by atoms with Crippen LogP contribution in [-0.4, -0.2) is 47.5 Å². The monoisotopic (exact) mass is 229 g/mol. The number of amides is 3. The summed E-state index contributed by atoms with van der Waals surface area (Å²) < 4.78 is 0. The molecule has 0 aromatic heterocycles. The summed E-state index contributed by atoms with van der Waals surface area (Å²) in [6.07, 6.45) is 1.43. The van der Waals surface area contributed by atoms with Crippen LogP contribution in [0.25, 0.3) is 0 Å². The Balaban J connectivity index is 4.10. The van der Waals surface area contributed by atoms with E-state index in [2.05, 4.69) is 11.9 Å². The molecule has 0 saturated carbocycles. The van der Waals surface area contributed by atoms with Crippen molar-refractivity contribution in [3.63, 3.8) is 0 Å². The van der Waals surface area contributed by atoms with Gasteiger partial charge in [0, 0.05) is 19.5 Å². The third kappa shape index (κ3) is 6.41. The molecule has 0 aliphatic heterocycles. The van der Waals surface area contributed by atoms with Crippen molar-refractivity contribution in [1.82, 2.24) is 10.2 Å². The van der Waals surface area contributed by atoms with Crippen molar-refractivity contribution >= 4 is 17.9 Å². The standard InChI is InChI=1S/C9H15N3O4/c1-2-5-12(6-8(14)15)9(16)11-4-3-7(10)13/h2H,1,3-6H2,(H2,10,13)(H,11,16)(H,14,15). The van der Waals surface area contributed by atoms with Crippen molar-refractivity contribution in [2.24, 2.45) is 5.73 Å². The van der Waals surface area contributed by atoms with E-state index in [4.69, 9.17) is 10.8 Å². The smallest absolute Gasteiger partial charge is 0.323 e. The van der Waals surface area contributed by atoms with Gasteiger partial charge < -0.3 is 21.1 Å². The van der Waals surface area contributed by atoms with Gasteiger partial charge in [-0.15, -0.1) is 6.58 Å². The summed E-state index contributed by atoms with van der Waals surface area (Å²) in [5.74, 6) is -1.65. The number of hydrogen-bond donors (Lipinski definition) is 3. The number of carbonyl (C=O) groups excluding carboxylic acids is 2. The van der Waals surface area contributed by atoms with Gasteiger partial charge in [0.15, 0.2) is 0 Å². The second-order valence-electron chi connectivity index (χ2n) is 3.01. The number of hydrogen-bond acceptors (Lipinski definition) is 3. The fourth-order valence-corrected chi connectivity index (χ4v) is 0.943. The molecule has 3 amide bonds. The largest absolute Gasteiger partial charge is 0.480 e. The van der Waals surface area contributed by atoms with E-state index in [0.29, 0.717) is 0 Å². The Kier molecular flexibility index (Phi) is 6.34. The number of nitrogens with zero attached hydrogens (tertiary/aromatic N) is 1. The van der Waals surface area contributed by atoms with Crippen molar-refractivity contribution in [1.29, 1.82) is 0 Å². The van der Waals surface area contributed by atoms with Gasteiger partial charge >= 0.3 is 12.0 Å². The van der Waals surface area contributed by atoms with Crippen molar-refractivity contribution in [2.75, 3.05) is 19.6 Å². The first kappa shape index (κ1) is 13.9. The van der Waals surface area contributed by atoms with Gasteiger partial charge in [0.05, 0.1) is 0 Å². The minimum atomic E-state index is -1.12. The van der Waals surface area contributed by atoms with Crippen molar-refractivity contribution in [3.05, 3.63) is 12.7 Å². The maximum Gasteiger partial charge on any atom is 0.323 e.